The Kier molecular flexibility index (Phi) is 4.19. The molecule has 18 heavy (non-hydrogen) atoms. The number of hydrogen-bond acceptors (Lipinski definition) is 3. The average Bonchev–Trinajstić information content (AvgIpc) is 2.58. The minimum absolute atomic E-state index is 0.221. The summed E-state index contributed by atoms with van der Waals surface area (Å²) in [5, 5.41) is 0. The molecule has 6 heteroatoms. The Morgan fingerprint density at radius 3 is 2.94 bits per heavy atom. The van der Waals surface area contributed by atoms with Crippen LogP contribution < -0.4 is 10.5 Å². The van der Waals surface area contributed by atoms with Crippen LogP contribution in [0, 0.1) is 13.8 Å². The highest BCUT2D eigenvalue weighted by molar-refractivity contribution is 7.09. The molecule has 0 aromatic carbocycles. The molecule has 0 aliphatic carbocycles. The summed E-state index contributed by atoms with van der Waals surface area (Å²) >= 11 is 1.50. The van der Waals surface area contributed by atoms with Crippen molar-refractivity contribution in [2.75, 3.05) is 6.61 Å². The molecule has 1 unspecified atom stereocenters. The van der Waals surface area contributed by atoms with E-state index in [4.69, 9.17) is 10.5 Å². The number of hydrogen-bond donors (Lipinski definition) is 1. The number of aromatic nitrogens is 1. The van der Waals surface area contributed by atoms with Crippen LogP contribution in [0.2, 0.25) is 0 Å². The highest BCUT2D eigenvalue weighted by Gasteiger charge is 2.17. The van der Waals surface area contributed by atoms with Crippen molar-refractivity contribution in [3.8, 4) is 0 Å². The van der Waals surface area contributed by atoms with E-state index in [1.807, 2.05) is 18.4 Å². The minimum atomic E-state index is -0.644. The van der Waals surface area contributed by atoms with Gasteiger partial charge in [-0.2, -0.15) is 4.99 Å². The Morgan fingerprint density at radius 1 is 1.56 bits per heavy atom. The molecule has 1 aliphatic heterocycles. The molecule has 1 aliphatic rings. The van der Waals surface area contributed by atoms with Crippen molar-refractivity contribution in [2.45, 2.75) is 45.8 Å². The van der Waals surface area contributed by atoms with E-state index in [2.05, 4.69) is 4.99 Å². The fourth-order valence-corrected chi connectivity index (χ4v) is 3.14. The van der Waals surface area contributed by atoms with Gasteiger partial charge in [0.05, 0.1) is 12.6 Å². The molecule has 2 N–H and O–H groups in total. The summed E-state index contributed by atoms with van der Waals surface area (Å²) in [7, 11) is 0. The molecule has 5 nitrogen and oxygen atoms in total. The van der Waals surface area contributed by atoms with Crippen molar-refractivity contribution in [2.24, 2.45) is 10.7 Å². The smallest absolute Gasteiger partial charge is 0.341 e. The van der Waals surface area contributed by atoms with Gasteiger partial charge in [-0.25, -0.2) is 4.79 Å². The number of aryl methyl sites for hydroxylation is 1. The molecule has 1 fully saturated rings. The maximum absolute atomic E-state index is 11.0. The van der Waals surface area contributed by atoms with E-state index >= 15 is 0 Å². The molecule has 0 bridgehead atoms. The lowest BCUT2D eigenvalue weighted by Gasteiger charge is -2.23. The van der Waals surface area contributed by atoms with E-state index in [0.717, 1.165) is 36.6 Å². The lowest BCUT2D eigenvalue weighted by atomic mass is 10.1. The largest absolute Gasteiger partial charge is 0.376 e. The fraction of sp³-hybridized carbons (Fsp3) is 0.667. The summed E-state index contributed by atoms with van der Waals surface area (Å²) in [6, 6.07) is -0.644. The van der Waals surface area contributed by atoms with Gasteiger partial charge in [0.15, 0.2) is 4.80 Å². The van der Waals surface area contributed by atoms with Crippen LogP contribution in [0.1, 0.15) is 29.8 Å². The number of ether oxygens (including phenoxy) is 1. The lowest BCUT2D eigenvalue weighted by Crippen LogP contribution is -2.30. The molecule has 2 rings (SSSR count). The number of nitrogens with two attached hydrogens (primary N) is 1. The number of primary amides is 1. The summed E-state index contributed by atoms with van der Waals surface area (Å²) in [6.07, 6.45) is 3.63. The number of thiazole rings is 1. The van der Waals surface area contributed by atoms with Crippen LogP contribution in [0.3, 0.4) is 0 Å². The number of rotatable bonds is 2. The number of amides is 2. The van der Waals surface area contributed by atoms with E-state index in [0.29, 0.717) is 4.80 Å². The molecule has 2 amide bonds. The average molecular weight is 269 g/mol. The first-order chi connectivity index (χ1) is 8.58. The van der Waals surface area contributed by atoms with Gasteiger partial charge in [-0.05, 0) is 33.1 Å². The zero-order chi connectivity index (χ0) is 13.1. The standard InChI is InChI=1S/C12H19N3O2S/c1-8-9(2)18-12(14-11(13)16)15(8)7-10-5-3-4-6-17-10/h10H,3-7H2,1-2H3,(H2,13,16). The van der Waals surface area contributed by atoms with E-state index in [9.17, 15) is 4.79 Å². The number of carbonyl (C=O) groups excluding carboxylic acids is 1. The quantitative estimate of drug-likeness (QED) is 0.888. The molecule has 1 aromatic heterocycles. The first-order valence-corrected chi connectivity index (χ1v) is 7.02. The van der Waals surface area contributed by atoms with Gasteiger partial charge in [-0.15, -0.1) is 11.3 Å². The SMILES string of the molecule is Cc1sc(=NC(N)=O)n(CC2CCCCO2)c1C. The normalized spacial score (nSPS) is 21.2. The Balaban J connectivity index is 2.27. The summed E-state index contributed by atoms with van der Waals surface area (Å²) in [5.74, 6) is 0. The Hall–Kier alpha value is -1.14. The molecule has 100 valence electrons. The van der Waals surface area contributed by atoms with Crippen LogP contribution in [0.4, 0.5) is 4.79 Å². The van der Waals surface area contributed by atoms with E-state index < -0.39 is 6.03 Å². The summed E-state index contributed by atoms with van der Waals surface area (Å²) < 4.78 is 7.77. The van der Waals surface area contributed by atoms with Gasteiger partial charge in [-0.3, -0.25) is 0 Å². The first kappa shape index (κ1) is 13.3. The van der Waals surface area contributed by atoms with Crippen molar-refractivity contribution in [1.29, 1.82) is 0 Å². The highest BCUT2D eigenvalue weighted by Crippen LogP contribution is 2.17. The topological polar surface area (TPSA) is 69.6 Å². The maximum Gasteiger partial charge on any atom is 0.341 e. The number of carbonyl (C=O) groups is 1. The molecule has 0 saturated carbocycles. The Bertz CT molecular complexity index is 498. The van der Waals surface area contributed by atoms with Crippen LogP contribution in [0.25, 0.3) is 0 Å². The highest BCUT2D eigenvalue weighted by atomic mass is 32.1. The van der Waals surface area contributed by atoms with E-state index in [1.165, 1.54) is 17.8 Å². The number of nitrogens with zero attached hydrogens (tertiary/aromatic N) is 2. The molecule has 2 heterocycles. The van der Waals surface area contributed by atoms with E-state index in [-0.39, 0.29) is 6.10 Å². The summed E-state index contributed by atoms with van der Waals surface area (Å²) in [4.78, 5) is 16.7. The Morgan fingerprint density at radius 2 is 2.33 bits per heavy atom. The van der Waals surface area contributed by atoms with Gasteiger partial charge in [0.2, 0.25) is 0 Å². The van der Waals surface area contributed by atoms with Crippen molar-refractivity contribution in [3.05, 3.63) is 15.4 Å². The summed E-state index contributed by atoms with van der Waals surface area (Å²) in [6.45, 7) is 5.64. The lowest BCUT2D eigenvalue weighted by molar-refractivity contribution is 0.00525. The predicted molar refractivity (Wildman–Crippen MR) is 70.5 cm³/mol. The van der Waals surface area contributed by atoms with Crippen LogP contribution in [0.5, 0.6) is 0 Å². The van der Waals surface area contributed by atoms with Crippen LogP contribution >= 0.6 is 11.3 Å². The molecule has 1 aromatic rings. The zero-order valence-corrected chi connectivity index (χ0v) is 11.6. The van der Waals surface area contributed by atoms with E-state index in [1.54, 1.807) is 0 Å². The van der Waals surface area contributed by atoms with Crippen molar-refractivity contribution in [1.82, 2.24) is 4.57 Å². The minimum Gasteiger partial charge on any atom is -0.376 e. The fourth-order valence-electron chi connectivity index (χ4n) is 2.15. The third kappa shape index (κ3) is 3.00. The third-order valence-corrected chi connectivity index (χ3v) is 4.35. The van der Waals surface area contributed by atoms with Crippen molar-refractivity contribution < 1.29 is 9.53 Å². The molecule has 1 atom stereocenters. The molecular weight excluding hydrogens is 250 g/mol. The molecular formula is C12H19N3O2S. The molecule has 0 radical (unpaired) electrons. The summed E-state index contributed by atoms with van der Waals surface area (Å²) in [5.41, 5.74) is 6.28. The first-order valence-electron chi connectivity index (χ1n) is 6.20. The monoisotopic (exact) mass is 269 g/mol. The van der Waals surface area contributed by atoms with Gasteiger partial charge in [0.1, 0.15) is 0 Å². The van der Waals surface area contributed by atoms with Crippen LogP contribution in [-0.2, 0) is 11.3 Å². The van der Waals surface area contributed by atoms with Gasteiger partial charge < -0.3 is 15.0 Å². The second-order valence-corrected chi connectivity index (χ2v) is 5.76. The van der Waals surface area contributed by atoms with Crippen LogP contribution in [0.15, 0.2) is 4.99 Å². The molecule has 1 saturated heterocycles. The number of urea groups is 1. The maximum atomic E-state index is 11.0. The zero-order valence-electron chi connectivity index (χ0n) is 10.8. The Labute approximate surface area is 110 Å². The molecule has 0 spiro atoms. The van der Waals surface area contributed by atoms with Gasteiger partial charge >= 0.3 is 6.03 Å². The third-order valence-electron chi connectivity index (χ3n) is 3.26. The second-order valence-electron chi connectivity index (χ2n) is 4.58. The van der Waals surface area contributed by atoms with Crippen LogP contribution in [-0.4, -0.2) is 23.3 Å². The van der Waals surface area contributed by atoms with Crippen molar-refractivity contribution in [3.63, 3.8) is 0 Å². The van der Waals surface area contributed by atoms with Crippen molar-refractivity contribution >= 4 is 17.4 Å². The van der Waals surface area contributed by atoms with Gasteiger partial charge in [0.25, 0.3) is 0 Å². The van der Waals surface area contributed by atoms with Gasteiger partial charge in [-0.1, -0.05) is 0 Å². The predicted octanol–water partition coefficient (Wildman–Crippen LogP) is 1.71. The second kappa shape index (κ2) is 5.67. The van der Waals surface area contributed by atoms with Gasteiger partial charge in [0, 0.05) is 17.2 Å².